The topological polar surface area (TPSA) is 64.3 Å². The van der Waals surface area contributed by atoms with Crippen molar-refractivity contribution in [3.8, 4) is 5.75 Å². The van der Waals surface area contributed by atoms with Gasteiger partial charge in [-0.15, -0.1) is 0 Å². The van der Waals surface area contributed by atoms with Crippen LogP contribution in [0, 0.1) is 6.92 Å². The molecule has 0 fully saturated rings. The molecule has 0 unspecified atom stereocenters. The summed E-state index contributed by atoms with van der Waals surface area (Å²) < 4.78 is 7.02. The van der Waals surface area contributed by atoms with E-state index in [1.54, 1.807) is 13.2 Å². The molecule has 2 rings (SSSR count). The quantitative estimate of drug-likeness (QED) is 0.896. The average Bonchev–Trinajstić information content (AvgIpc) is 2.68. The van der Waals surface area contributed by atoms with Gasteiger partial charge in [-0.2, -0.15) is 0 Å². The van der Waals surface area contributed by atoms with E-state index in [9.17, 15) is 4.79 Å². The highest BCUT2D eigenvalue weighted by molar-refractivity contribution is 5.83. The molecule has 1 aromatic heterocycles. The Labute approximate surface area is 105 Å². The molecule has 0 aliphatic heterocycles. The van der Waals surface area contributed by atoms with Crippen molar-refractivity contribution in [1.29, 1.82) is 0 Å². The van der Waals surface area contributed by atoms with Crippen LogP contribution < -0.4 is 4.74 Å². The Balaban J connectivity index is 2.06. The Morgan fingerprint density at radius 1 is 1.50 bits per heavy atom. The zero-order valence-corrected chi connectivity index (χ0v) is 10.3. The van der Waals surface area contributed by atoms with Crippen molar-refractivity contribution in [2.75, 3.05) is 0 Å². The van der Waals surface area contributed by atoms with Gasteiger partial charge in [0.2, 0.25) is 5.82 Å². The van der Waals surface area contributed by atoms with Crippen LogP contribution >= 0.6 is 0 Å². The number of ether oxygens (including phenoxy) is 1. The zero-order valence-electron chi connectivity index (χ0n) is 10.3. The number of nitrogens with zero attached hydrogens (tertiary/aromatic N) is 2. The third-order valence-corrected chi connectivity index (χ3v) is 2.49. The van der Waals surface area contributed by atoms with Crippen molar-refractivity contribution >= 4 is 5.97 Å². The number of rotatable bonds is 4. The van der Waals surface area contributed by atoms with E-state index in [-0.39, 0.29) is 12.4 Å². The lowest BCUT2D eigenvalue weighted by atomic mass is 10.2. The van der Waals surface area contributed by atoms with Gasteiger partial charge in [0.15, 0.2) is 0 Å². The largest absolute Gasteiger partial charge is 0.487 e. The second kappa shape index (κ2) is 4.91. The van der Waals surface area contributed by atoms with E-state index in [1.165, 1.54) is 4.57 Å². The Morgan fingerprint density at radius 3 is 2.89 bits per heavy atom. The number of hydrogen-bond donors (Lipinski definition) is 1. The van der Waals surface area contributed by atoms with Crippen LogP contribution in [-0.4, -0.2) is 20.6 Å². The lowest BCUT2D eigenvalue weighted by Gasteiger charge is -2.04. The summed E-state index contributed by atoms with van der Waals surface area (Å²) in [4.78, 5) is 14.8. The number of hydrogen-bond acceptors (Lipinski definition) is 3. The molecule has 2 aromatic rings. The van der Waals surface area contributed by atoms with E-state index in [1.807, 2.05) is 31.2 Å². The van der Waals surface area contributed by atoms with Gasteiger partial charge in [-0.05, 0) is 24.6 Å². The third kappa shape index (κ3) is 2.68. The third-order valence-electron chi connectivity index (χ3n) is 2.49. The summed E-state index contributed by atoms with van der Waals surface area (Å²) in [6.07, 6.45) is 1.65. The summed E-state index contributed by atoms with van der Waals surface area (Å²) >= 11 is 0. The first kappa shape index (κ1) is 12.2. The number of imidazole rings is 1. The smallest absolute Gasteiger partial charge is 0.372 e. The maximum atomic E-state index is 10.8. The molecule has 18 heavy (non-hydrogen) atoms. The Hall–Kier alpha value is -2.30. The van der Waals surface area contributed by atoms with E-state index in [0.717, 1.165) is 11.3 Å². The number of aromatic nitrogens is 2. The molecule has 0 bridgehead atoms. The molecule has 5 nitrogen and oxygen atoms in total. The van der Waals surface area contributed by atoms with Crippen molar-refractivity contribution < 1.29 is 14.6 Å². The molecule has 94 valence electrons. The number of carboxylic acids is 1. The predicted octanol–water partition coefficient (Wildman–Crippen LogP) is 2.01. The lowest BCUT2D eigenvalue weighted by molar-refractivity contribution is 0.0679. The Morgan fingerprint density at radius 2 is 2.28 bits per heavy atom. The first-order valence-corrected chi connectivity index (χ1v) is 5.51. The van der Waals surface area contributed by atoms with Crippen LogP contribution in [0.3, 0.4) is 0 Å². The molecule has 0 saturated heterocycles. The van der Waals surface area contributed by atoms with E-state index in [0.29, 0.717) is 5.69 Å². The number of benzene rings is 1. The van der Waals surface area contributed by atoms with E-state index in [2.05, 4.69) is 4.98 Å². The van der Waals surface area contributed by atoms with Crippen LogP contribution in [0.25, 0.3) is 0 Å². The molecule has 0 aliphatic carbocycles. The molecule has 1 heterocycles. The molecule has 0 aliphatic rings. The van der Waals surface area contributed by atoms with E-state index in [4.69, 9.17) is 9.84 Å². The van der Waals surface area contributed by atoms with Gasteiger partial charge in [-0.25, -0.2) is 9.78 Å². The minimum Gasteiger partial charge on any atom is -0.487 e. The van der Waals surface area contributed by atoms with Gasteiger partial charge >= 0.3 is 5.97 Å². The molecule has 0 spiro atoms. The van der Waals surface area contributed by atoms with Crippen LogP contribution in [0.1, 0.15) is 21.9 Å². The van der Waals surface area contributed by atoms with Gasteiger partial charge in [0, 0.05) is 13.2 Å². The van der Waals surface area contributed by atoms with Crippen molar-refractivity contribution in [3.05, 3.63) is 47.5 Å². The standard InChI is InChI=1S/C13H14N2O3/c1-9-4-3-5-11(6-9)18-8-10-7-15(2)12(14-10)13(16)17/h3-7H,8H2,1-2H3,(H,16,17). The highest BCUT2D eigenvalue weighted by Gasteiger charge is 2.12. The van der Waals surface area contributed by atoms with Gasteiger partial charge < -0.3 is 14.4 Å². The van der Waals surface area contributed by atoms with E-state index >= 15 is 0 Å². The zero-order chi connectivity index (χ0) is 13.1. The number of carbonyl (C=O) groups is 1. The molecule has 1 N–H and O–H groups in total. The van der Waals surface area contributed by atoms with Crippen molar-refractivity contribution in [1.82, 2.24) is 9.55 Å². The normalized spacial score (nSPS) is 10.3. The van der Waals surface area contributed by atoms with Crippen LogP contribution in [0.4, 0.5) is 0 Å². The molecular formula is C13H14N2O3. The SMILES string of the molecule is Cc1cccc(OCc2cn(C)c(C(=O)O)n2)c1. The molecule has 5 heteroatoms. The second-order valence-corrected chi connectivity index (χ2v) is 4.08. The van der Waals surface area contributed by atoms with Gasteiger partial charge in [0.25, 0.3) is 0 Å². The predicted molar refractivity (Wildman–Crippen MR) is 65.7 cm³/mol. The maximum absolute atomic E-state index is 10.8. The van der Waals surface area contributed by atoms with Crippen molar-refractivity contribution in [3.63, 3.8) is 0 Å². The second-order valence-electron chi connectivity index (χ2n) is 4.08. The highest BCUT2D eigenvalue weighted by Crippen LogP contribution is 2.14. The molecule has 0 saturated carbocycles. The summed E-state index contributed by atoms with van der Waals surface area (Å²) in [6.45, 7) is 2.24. The summed E-state index contributed by atoms with van der Waals surface area (Å²) in [7, 11) is 1.65. The van der Waals surface area contributed by atoms with Crippen LogP contribution in [0.2, 0.25) is 0 Å². The lowest BCUT2D eigenvalue weighted by Crippen LogP contribution is -2.05. The van der Waals surface area contributed by atoms with Gasteiger partial charge in [-0.3, -0.25) is 0 Å². The number of aryl methyl sites for hydroxylation is 2. The fourth-order valence-corrected chi connectivity index (χ4v) is 1.66. The molecule has 0 atom stereocenters. The van der Waals surface area contributed by atoms with Crippen LogP contribution in [0.5, 0.6) is 5.75 Å². The first-order valence-electron chi connectivity index (χ1n) is 5.51. The Kier molecular flexibility index (Phi) is 3.32. The van der Waals surface area contributed by atoms with Gasteiger partial charge in [-0.1, -0.05) is 12.1 Å². The fraction of sp³-hybridized carbons (Fsp3) is 0.231. The van der Waals surface area contributed by atoms with Crippen molar-refractivity contribution in [2.24, 2.45) is 7.05 Å². The fourth-order valence-electron chi connectivity index (χ4n) is 1.66. The summed E-state index contributed by atoms with van der Waals surface area (Å²) in [5.74, 6) is -0.283. The minimum absolute atomic E-state index is 0.0119. The number of aromatic carboxylic acids is 1. The minimum atomic E-state index is -1.04. The molecule has 1 aromatic carbocycles. The molecule has 0 radical (unpaired) electrons. The van der Waals surface area contributed by atoms with E-state index < -0.39 is 5.97 Å². The summed E-state index contributed by atoms with van der Waals surface area (Å²) in [5.41, 5.74) is 1.70. The summed E-state index contributed by atoms with van der Waals surface area (Å²) in [5, 5.41) is 8.88. The van der Waals surface area contributed by atoms with Crippen LogP contribution in [-0.2, 0) is 13.7 Å². The maximum Gasteiger partial charge on any atom is 0.372 e. The monoisotopic (exact) mass is 246 g/mol. The average molecular weight is 246 g/mol. The van der Waals surface area contributed by atoms with Gasteiger partial charge in [0.05, 0.1) is 5.69 Å². The molecular weight excluding hydrogens is 232 g/mol. The Bertz CT molecular complexity index is 575. The highest BCUT2D eigenvalue weighted by atomic mass is 16.5. The van der Waals surface area contributed by atoms with Crippen molar-refractivity contribution in [2.45, 2.75) is 13.5 Å². The summed E-state index contributed by atoms with van der Waals surface area (Å²) in [6, 6.07) is 7.66. The molecule has 0 amide bonds. The first-order chi connectivity index (χ1) is 8.56. The van der Waals surface area contributed by atoms with Gasteiger partial charge in [0.1, 0.15) is 12.4 Å². The van der Waals surface area contributed by atoms with Crippen LogP contribution in [0.15, 0.2) is 30.5 Å². The number of carboxylic acid groups (broad SMARTS) is 1.